The number of anilines is 1. The molecule has 14 heavy (non-hydrogen) atoms. The fourth-order valence-electron chi connectivity index (χ4n) is 1.16. The molecule has 0 saturated heterocycles. The standard InChI is InChI=1S/C9H8BrN3O/c10-9-13-12-8(14-9)5-6-3-1-2-4-7(6)11/h1-4H,5,11H2. The molecule has 0 saturated carbocycles. The fraction of sp³-hybridized carbons (Fsp3) is 0.111. The fourth-order valence-corrected chi connectivity index (χ4v) is 1.43. The van der Waals surface area contributed by atoms with Crippen molar-refractivity contribution in [2.24, 2.45) is 0 Å². The molecule has 1 heterocycles. The van der Waals surface area contributed by atoms with E-state index in [2.05, 4.69) is 26.1 Å². The van der Waals surface area contributed by atoms with E-state index in [0.717, 1.165) is 11.3 Å². The van der Waals surface area contributed by atoms with E-state index in [0.29, 0.717) is 17.1 Å². The summed E-state index contributed by atoms with van der Waals surface area (Å²) in [6, 6.07) is 7.61. The van der Waals surface area contributed by atoms with Crippen LogP contribution in [-0.2, 0) is 6.42 Å². The number of nitrogens with two attached hydrogens (primary N) is 1. The summed E-state index contributed by atoms with van der Waals surface area (Å²) >= 11 is 3.09. The first kappa shape index (κ1) is 9.21. The number of nitrogens with zero attached hydrogens (tertiary/aromatic N) is 2. The number of nitrogen functional groups attached to an aromatic ring is 1. The first-order valence-corrected chi connectivity index (χ1v) is 4.86. The van der Waals surface area contributed by atoms with Gasteiger partial charge in [0, 0.05) is 21.6 Å². The summed E-state index contributed by atoms with van der Waals surface area (Å²) in [4.78, 5) is 0.391. The summed E-state index contributed by atoms with van der Waals surface area (Å²) in [5, 5.41) is 7.53. The first-order chi connectivity index (χ1) is 6.75. The third-order valence-electron chi connectivity index (χ3n) is 1.84. The Kier molecular flexibility index (Phi) is 2.49. The predicted octanol–water partition coefficient (Wildman–Crippen LogP) is 2.01. The van der Waals surface area contributed by atoms with Gasteiger partial charge in [-0.1, -0.05) is 18.2 Å². The number of halogens is 1. The first-order valence-electron chi connectivity index (χ1n) is 4.07. The third kappa shape index (κ3) is 1.93. The van der Waals surface area contributed by atoms with E-state index in [-0.39, 0.29) is 0 Å². The molecule has 1 aromatic heterocycles. The summed E-state index contributed by atoms with van der Waals surface area (Å²) in [6.45, 7) is 0. The van der Waals surface area contributed by atoms with Gasteiger partial charge in [0.25, 0.3) is 4.80 Å². The topological polar surface area (TPSA) is 64.9 Å². The van der Waals surface area contributed by atoms with Crippen LogP contribution in [0.15, 0.2) is 33.5 Å². The van der Waals surface area contributed by atoms with E-state index in [4.69, 9.17) is 10.2 Å². The Morgan fingerprint density at radius 1 is 1.29 bits per heavy atom. The summed E-state index contributed by atoms with van der Waals surface area (Å²) in [7, 11) is 0. The van der Waals surface area contributed by atoms with E-state index < -0.39 is 0 Å². The van der Waals surface area contributed by atoms with E-state index in [9.17, 15) is 0 Å². The van der Waals surface area contributed by atoms with Crippen LogP contribution in [0, 0.1) is 0 Å². The van der Waals surface area contributed by atoms with Gasteiger partial charge in [0.05, 0.1) is 6.42 Å². The lowest BCUT2D eigenvalue weighted by Gasteiger charge is -2.00. The van der Waals surface area contributed by atoms with E-state index in [1.807, 2.05) is 24.3 Å². The van der Waals surface area contributed by atoms with Crippen LogP contribution in [0.2, 0.25) is 0 Å². The molecule has 4 nitrogen and oxygen atoms in total. The molecule has 0 aliphatic heterocycles. The second-order valence-corrected chi connectivity index (χ2v) is 3.50. The number of hydrogen-bond donors (Lipinski definition) is 1. The van der Waals surface area contributed by atoms with Gasteiger partial charge in [-0.3, -0.25) is 0 Å². The Hall–Kier alpha value is -1.36. The van der Waals surface area contributed by atoms with E-state index in [1.54, 1.807) is 0 Å². The Morgan fingerprint density at radius 2 is 2.07 bits per heavy atom. The summed E-state index contributed by atoms with van der Waals surface area (Å²) < 4.78 is 5.18. The maximum Gasteiger partial charge on any atom is 0.284 e. The zero-order valence-corrected chi connectivity index (χ0v) is 8.86. The number of rotatable bonds is 2. The van der Waals surface area contributed by atoms with Crippen molar-refractivity contribution in [2.45, 2.75) is 6.42 Å². The molecule has 0 aliphatic rings. The zero-order valence-electron chi connectivity index (χ0n) is 7.27. The molecule has 0 bridgehead atoms. The Labute approximate surface area is 89.3 Å². The maximum atomic E-state index is 5.77. The Bertz CT molecular complexity index is 441. The normalized spacial score (nSPS) is 10.4. The quantitative estimate of drug-likeness (QED) is 0.832. The minimum atomic E-state index is 0.391. The van der Waals surface area contributed by atoms with Crippen LogP contribution in [0.1, 0.15) is 11.5 Å². The molecular formula is C9H8BrN3O. The number of hydrogen-bond acceptors (Lipinski definition) is 4. The van der Waals surface area contributed by atoms with Gasteiger partial charge in [-0.2, -0.15) is 0 Å². The lowest BCUT2D eigenvalue weighted by atomic mass is 10.1. The maximum absolute atomic E-state index is 5.77. The third-order valence-corrected chi connectivity index (χ3v) is 2.16. The second kappa shape index (κ2) is 3.79. The minimum Gasteiger partial charge on any atom is -0.415 e. The van der Waals surface area contributed by atoms with Crippen molar-refractivity contribution in [3.63, 3.8) is 0 Å². The molecule has 2 N–H and O–H groups in total. The highest BCUT2D eigenvalue weighted by atomic mass is 79.9. The van der Waals surface area contributed by atoms with Crippen molar-refractivity contribution in [1.29, 1.82) is 0 Å². The van der Waals surface area contributed by atoms with Crippen molar-refractivity contribution in [1.82, 2.24) is 10.2 Å². The van der Waals surface area contributed by atoms with Crippen molar-refractivity contribution in [2.75, 3.05) is 5.73 Å². The summed E-state index contributed by atoms with van der Waals surface area (Å²) in [5.41, 5.74) is 7.50. The van der Waals surface area contributed by atoms with Crippen LogP contribution in [0.3, 0.4) is 0 Å². The molecule has 0 atom stereocenters. The molecule has 0 fully saturated rings. The van der Waals surface area contributed by atoms with Gasteiger partial charge in [-0.05, 0) is 11.6 Å². The highest BCUT2D eigenvalue weighted by Crippen LogP contribution is 2.16. The van der Waals surface area contributed by atoms with E-state index >= 15 is 0 Å². The van der Waals surface area contributed by atoms with Crippen molar-refractivity contribution < 1.29 is 4.42 Å². The van der Waals surface area contributed by atoms with E-state index in [1.165, 1.54) is 0 Å². The molecule has 1 aromatic carbocycles. The monoisotopic (exact) mass is 253 g/mol. The molecule has 0 spiro atoms. The van der Waals surface area contributed by atoms with Crippen LogP contribution in [0.4, 0.5) is 5.69 Å². The van der Waals surface area contributed by atoms with Gasteiger partial charge in [-0.25, -0.2) is 0 Å². The molecule has 0 unspecified atom stereocenters. The Balaban J connectivity index is 2.23. The lowest BCUT2D eigenvalue weighted by Crippen LogP contribution is -1.95. The largest absolute Gasteiger partial charge is 0.415 e. The smallest absolute Gasteiger partial charge is 0.284 e. The molecule has 72 valence electrons. The van der Waals surface area contributed by atoms with Gasteiger partial charge in [0.15, 0.2) is 0 Å². The number of benzene rings is 1. The molecule has 0 aliphatic carbocycles. The van der Waals surface area contributed by atoms with Gasteiger partial charge < -0.3 is 10.2 Å². The highest BCUT2D eigenvalue weighted by molar-refractivity contribution is 9.10. The predicted molar refractivity (Wildman–Crippen MR) is 55.7 cm³/mol. The summed E-state index contributed by atoms with van der Waals surface area (Å²) in [5.74, 6) is 0.551. The average molecular weight is 254 g/mol. The van der Waals surface area contributed by atoms with Gasteiger partial charge in [-0.15, -0.1) is 10.2 Å². The van der Waals surface area contributed by atoms with Crippen LogP contribution in [0.5, 0.6) is 0 Å². The molecular weight excluding hydrogens is 246 g/mol. The highest BCUT2D eigenvalue weighted by Gasteiger charge is 2.06. The van der Waals surface area contributed by atoms with Crippen LogP contribution >= 0.6 is 15.9 Å². The summed E-state index contributed by atoms with van der Waals surface area (Å²) in [6.07, 6.45) is 0.561. The van der Waals surface area contributed by atoms with Crippen molar-refractivity contribution >= 4 is 21.6 Å². The molecule has 5 heteroatoms. The van der Waals surface area contributed by atoms with Crippen LogP contribution < -0.4 is 5.73 Å². The molecule has 2 aromatic rings. The van der Waals surface area contributed by atoms with Crippen molar-refractivity contribution in [3.8, 4) is 0 Å². The van der Waals surface area contributed by atoms with Crippen LogP contribution in [-0.4, -0.2) is 10.2 Å². The SMILES string of the molecule is Nc1ccccc1Cc1nnc(Br)o1. The second-order valence-electron chi connectivity index (χ2n) is 2.82. The van der Waals surface area contributed by atoms with Gasteiger partial charge >= 0.3 is 0 Å². The zero-order chi connectivity index (χ0) is 9.97. The van der Waals surface area contributed by atoms with Crippen molar-refractivity contribution in [3.05, 3.63) is 40.5 Å². The number of aromatic nitrogens is 2. The Morgan fingerprint density at radius 3 is 2.71 bits per heavy atom. The van der Waals surface area contributed by atoms with Gasteiger partial charge in [0.2, 0.25) is 5.89 Å². The van der Waals surface area contributed by atoms with Crippen LogP contribution in [0.25, 0.3) is 0 Å². The minimum absolute atomic E-state index is 0.391. The molecule has 0 radical (unpaired) electrons. The average Bonchev–Trinajstić information content (AvgIpc) is 2.56. The molecule has 2 rings (SSSR count). The molecule has 0 amide bonds. The lowest BCUT2D eigenvalue weighted by molar-refractivity contribution is 0.482. The van der Waals surface area contributed by atoms with Gasteiger partial charge in [0.1, 0.15) is 0 Å². The number of para-hydroxylation sites is 1.